The maximum atomic E-state index is 12.2. The van der Waals surface area contributed by atoms with Crippen LogP contribution >= 0.6 is 0 Å². The molecule has 5 nitrogen and oxygen atoms in total. The molecule has 1 aromatic rings. The number of hydrogen-bond donors (Lipinski definition) is 1. The van der Waals surface area contributed by atoms with Crippen LogP contribution in [0.25, 0.3) is 0 Å². The molecule has 0 spiro atoms. The average molecular weight is 300 g/mol. The van der Waals surface area contributed by atoms with Gasteiger partial charge >= 0.3 is 12.0 Å². The van der Waals surface area contributed by atoms with E-state index in [-0.39, 0.29) is 17.9 Å². The molecule has 1 saturated heterocycles. The number of nitrogens with zero attached hydrogens (tertiary/aromatic N) is 1. The fourth-order valence-corrected chi connectivity index (χ4v) is 2.43. The van der Waals surface area contributed by atoms with E-state index in [9.17, 15) is 9.59 Å². The van der Waals surface area contributed by atoms with E-state index in [4.69, 9.17) is 11.2 Å². The molecule has 1 heterocycles. The normalized spacial score (nSPS) is 15.0. The van der Waals surface area contributed by atoms with Gasteiger partial charge in [-0.05, 0) is 44.0 Å². The smallest absolute Gasteiger partial charge is 0.321 e. The Morgan fingerprint density at radius 1 is 1.32 bits per heavy atom. The number of hydrogen-bond acceptors (Lipinski definition) is 3. The second kappa shape index (κ2) is 7.51. The molecule has 0 aliphatic carbocycles. The van der Waals surface area contributed by atoms with Gasteiger partial charge in [-0.2, -0.15) is 0 Å². The first-order valence-corrected chi connectivity index (χ1v) is 7.43. The summed E-state index contributed by atoms with van der Waals surface area (Å²) in [5.74, 6) is 2.27. The fourth-order valence-electron chi connectivity index (χ4n) is 2.43. The molecule has 1 N–H and O–H groups in total. The van der Waals surface area contributed by atoms with Gasteiger partial charge in [0.2, 0.25) is 0 Å². The van der Waals surface area contributed by atoms with E-state index < -0.39 is 0 Å². The Bertz CT molecular complexity index is 567. The van der Waals surface area contributed by atoms with Gasteiger partial charge in [-0.1, -0.05) is 5.92 Å². The van der Waals surface area contributed by atoms with Crippen LogP contribution in [0.4, 0.5) is 10.5 Å². The molecule has 0 radical (unpaired) electrons. The van der Waals surface area contributed by atoms with Crippen molar-refractivity contribution in [3.8, 4) is 12.3 Å². The molecule has 22 heavy (non-hydrogen) atoms. The molecule has 2 rings (SSSR count). The lowest BCUT2D eigenvalue weighted by Crippen LogP contribution is -2.42. The van der Waals surface area contributed by atoms with E-state index in [0.29, 0.717) is 38.2 Å². The Morgan fingerprint density at radius 3 is 2.50 bits per heavy atom. The van der Waals surface area contributed by atoms with E-state index >= 15 is 0 Å². The molecule has 2 amide bonds. The van der Waals surface area contributed by atoms with Gasteiger partial charge in [-0.25, -0.2) is 4.79 Å². The first kappa shape index (κ1) is 15.9. The Hall–Kier alpha value is -2.48. The highest BCUT2D eigenvalue weighted by Crippen LogP contribution is 2.19. The zero-order valence-electron chi connectivity index (χ0n) is 12.7. The SMILES string of the molecule is C#Cc1ccc(NC(=O)N2CCC(C(=O)OCC)CC2)cc1. The number of nitrogens with one attached hydrogen (secondary N) is 1. The summed E-state index contributed by atoms with van der Waals surface area (Å²) in [6.07, 6.45) is 6.58. The zero-order chi connectivity index (χ0) is 15.9. The highest BCUT2D eigenvalue weighted by Gasteiger charge is 2.28. The third-order valence-electron chi connectivity index (χ3n) is 3.70. The van der Waals surface area contributed by atoms with E-state index in [2.05, 4.69) is 11.2 Å². The minimum atomic E-state index is -0.160. The largest absolute Gasteiger partial charge is 0.466 e. The molecule has 5 heteroatoms. The van der Waals surface area contributed by atoms with Crippen molar-refractivity contribution in [1.29, 1.82) is 0 Å². The first-order valence-electron chi connectivity index (χ1n) is 7.43. The Kier molecular flexibility index (Phi) is 5.42. The van der Waals surface area contributed by atoms with Crippen LogP contribution in [0.1, 0.15) is 25.3 Å². The molecule has 0 atom stereocenters. The molecule has 1 aliphatic heterocycles. The molecule has 116 valence electrons. The number of anilines is 1. The predicted molar refractivity (Wildman–Crippen MR) is 84.3 cm³/mol. The number of likely N-dealkylation sites (tertiary alicyclic amines) is 1. The summed E-state index contributed by atoms with van der Waals surface area (Å²) in [5, 5.41) is 2.83. The summed E-state index contributed by atoms with van der Waals surface area (Å²) in [5.41, 5.74) is 1.48. The van der Waals surface area contributed by atoms with Crippen molar-refractivity contribution in [3.05, 3.63) is 29.8 Å². The van der Waals surface area contributed by atoms with Gasteiger partial charge in [-0.15, -0.1) is 6.42 Å². The summed E-state index contributed by atoms with van der Waals surface area (Å²) >= 11 is 0. The van der Waals surface area contributed by atoms with Gasteiger partial charge in [0.15, 0.2) is 0 Å². The lowest BCUT2D eigenvalue weighted by molar-refractivity contribution is -0.149. The van der Waals surface area contributed by atoms with Crippen LogP contribution in [0.2, 0.25) is 0 Å². The van der Waals surface area contributed by atoms with Crippen molar-refractivity contribution in [2.45, 2.75) is 19.8 Å². The van der Waals surface area contributed by atoms with Crippen molar-refractivity contribution in [1.82, 2.24) is 4.90 Å². The molecule has 0 saturated carbocycles. The highest BCUT2D eigenvalue weighted by molar-refractivity contribution is 5.89. The fraction of sp³-hybridized carbons (Fsp3) is 0.412. The number of carbonyl (C=O) groups is 2. The highest BCUT2D eigenvalue weighted by atomic mass is 16.5. The van der Waals surface area contributed by atoms with Gasteiger partial charge < -0.3 is 15.0 Å². The second-order valence-corrected chi connectivity index (χ2v) is 5.17. The Balaban J connectivity index is 1.84. The number of terminal acetylenes is 1. The lowest BCUT2D eigenvalue weighted by Gasteiger charge is -2.30. The van der Waals surface area contributed by atoms with Crippen LogP contribution < -0.4 is 5.32 Å². The molecular formula is C17H20N2O3. The number of esters is 1. The molecule has 1 aromatic carbocycles. The third-order valence-corrected chi connectivity index (χ3v) is 3.70. The van der Waals surface area contributed by atoms with Gasteiger partial charge in [0.05, 0.1) is 12.5 Å². The van der Waals surface area contributed by atoms with Crippen LogP contribution in [0.3, 0.4) is 0 Å². The van der Waals surface area contributed by atoms with Gasteiger partial charge in [0, 0.05) is 24.3 Å². The van der Waals surface area contributed by atoms with Gasteiger partial charge in [0.25, 0.3) is 0 Å². The summed E-state index contributed by atoms with van der Waals surface area (Å²) in [4.78, 5) is 25.6. The van der Waals surface area contributed by atoms with Gasteiger partial charge in [0.1, 0.15) is 0 Å². The van der Waals surface area contributed by atoms with Crippen LogP contribution in [0.15, 0.2) is 24.3 Å². The average Bonchev–Trinajstić information content (AvgIpc) is 2.56. The molecule has 0 unspecified atom stereocenters. The third kappa shape index (κ3) is 4.01. The van der Waals surface area contributed by atoms with E-state index in [1.165, 1.54) is 0 Å². The van der Waals surface area contributed by atoms with Gasteiger partial charge in [-0.3, -0.25) is 4.79 Å². The van der Waals surface area contributed by atoms with Crippen molar-refractivity contribution in [3.63, 3.8) is 0 Å². The molecular weight excluding hydrogens is 280 g/mol. The molecule has 1 fully saturated rings. The van der Waals surface area contributed by atoms with Crippen LogP contribution in [-0.2, 0) is 9.53 Å². The van der Waals surface area contributed by atoms with E-state index in [1.807, 2.05) is 0 Å². The minimum Gasteiger partial charge on any atom is -0.466 e. The number of rotatable bonds is 3. The predicted octanol–water partition coefficient (Wildman–Crippen LogP) is 2.47. The summed E-state index contributed by atoms with van der Waals surface area (Å²) < 4.78 is 5.02. The zero-order valence-corrected chi connectivity index (χ0v) is 12.7. The van der Waals surface area contributed by atoms with Crippen molar-refractivity contribution >= 4 is 17.7 Å². The Labute approximate surface area is 130 Å². The van der Waals surface area contributed by atoms with Crippen molar-refractivity contribution in [2.75, 3.05) is 25.0 Å². The monoisotopic (exact) mass is 300 g/mol. The van der Waals surface area contributed by atoms with Crippen LogP contribution in [0.5, 0.6) is 0 Å². The molecule has 0 bridgehead atoms. The standard InChI is InChI=1S/C17H20N2O3/c1-3-13-5-7-15(8-6-13)18-17(21)19-11-9-14(10-12-19)16(20)22-4-2/h1,5-8,14H,4,9-12H2,2H3,(H,18,21). The number of piperidine rings is 1. The number of benzene rings is 1. The van der Waals surface area contributed by atoms with Crippen molar-refractivity contribution < 1.29 is 14.3 Å². The number of ether oxygens (including phenoxy) is 1. The topological polar surface area (TPSA) is 58.6 Å². The maximum Gasteiger partial charge on any atom is 0.321 e. The summed E-state index contributed by atoms with van der Waals surface area (Å²) in [6, 6.07) is 6.96. The number of urea groups is 1. The second-order valence-electron chi connectivity index (χ2n) is 5.17. The Morgan fingerprint density at radius 2 is 1.95 bits per heavy atom. The van der Waals surface area contributed by atoms with E-state index in [1.54, 1.807) is 36.1 Å². The summed E-state index contributed by atoms with van der Waals surface area (Å²) in [6.45, 7) is 3.30. The van der Waals surface area contributed by atoms with Crippen LogP contribution in [0, 0.1) is 18.3 Å². The van der Waals surface area contributed by atoms with E-state index in [0.717, 1.165) is 5.56 Å². The lowest BCUT2D eigenvalue weighted by atomic mass is 9.97. The number of amides is 2. The number of carbonyl (C=O) groups excluding carboxylic acids is 2. The first-order chi connectivity index (χ1) is 10.6. The van der Waals surface area contributed by atoms with Crippen molar-refractivity contribution in [2.24, 2.45) is 5.92 Å². The molecule has 1 aliphatic rings. The summed E-state index contributed by atoms with van der Waals surface area (Å²) in [7, 11) is 0. The minimum absolute atomic E-state index is 0.0982. The maximum absolute atomic E-state index is 12.2. The molecule has 0 aromatic heterocycles. The van der Waals surface area contributed by atoms with Crippen LogP contribution in [-0.4, -0.2) is 36.6 Å². The quantitative estimate of drug-likeness (QED) is 0.689.